The molecule has 0 saturated heterocycles. The van der Waals surface area contributed by atoms with E-state index in [9.17, 15) is 0 Å². The van der Waals surface area contributed by atoms with E-state index in [1.807, 2.05) is 0 Å². The van der Waals surface area contributed by atoms with Crippen LogP contribution in [0.2, 0.25) is 0 Å². The summed E-state index contributed by atoms with van der Waals surface area (Å²) in [6.07, 6.45) is 0. The molecule has 0 aliphatic heterocycles. The summed E-state index contributed by atoms with van der Waals surface area (Å²) < 4.78 is 0. The monoisotopic (exact) mass is 190 g/mol. The van der Waals surface area contributed by atoms with Crippen molar-refractivity contribution in [2.75, 3.05) is 0 Å². The Kier molecular flexibility index (Phi) is 155. The van der Waals surface area contributed by atoms with Gasteiger partial charge in [-0.25, -0.2) is 0 Å². The fourth-order valence-electron chi connectivity index (χ4n) is 0. The van der Waals surface area contributed by atoms with Crippen LogP contribution in [-0.4, -0.2) is 0 Å². The van der Waals surface area contributed by atoms with Crippen molar-refractivity contribution in [1.29, 1.82) is 0 Å². The van der Waals surface area contributed by atoms with Crippen LogP contribution in [0, 0.1) is 0 Å². The van der Waals surface area contributed by atoms with Crippen LogP contribution in [0.15, 0.2) is 0 Å². The largest absolute Gasteiger partial charge is 1.00 e. The number of rotatable bonds is 0. The Morgan fingerprint density at radius 1 is 0.400 bits per heavy atom. The molecule has 0 aromatic rings. The van der Waals surface area contributed by atoms with E-state index in [4.69, 9.17) is 0 Å². The van der Waals surface area contributed by atoms with E-state index in [0.717, 1.165) is 0 Å². The summed E-state index contributed by atoms with van der Waals surface area (Å²) in [6.45, 7) is 0. The van der Waals surface area contributed by atoms with Gasteiger partial charge in [-0.3, -0.25) is 0 Å². The SMILES string of the molecule is [Mo].[Na+].[Na+].[Na+].[Na+]. The van der Waals surface area contributed by atoms with E-state index in [-0.39, 0.29) is 139 Å². The number of hydrogen-bond donors (Lipinski definition) is 0. The van der Waals surface area contributed by atoms with Gasteiger partial charge in [-0.2, -0.15) is 0 Å². The summed E-state index contributed by atoms with van der Waals surface area (Å²) >= 11 is 0. The van der Waals surface area contributed by atoms with Crippen molar-refractivity contribution in [3.05, 3.63) is 0 Å². The van der Waals surface area contributed by atoms with E-state index in [0.29, 0.717) is 0 Å². The summed E-state index contributed by atoms with van der Waals surface area (Å²) in [5.74, 6) is 0. The van der Waals surface area contributed by atoms with Crippen molar-refractivity contribution < 1.29 is 139 Å². The smallest absolute Gasteiger partial charge is 0 e. The molecular weight excluding hydrogens is 188 g/mol. The first-order valence-corrected chi connectivity index (χ1v) is 0. The van der Waals surface area contributed by atoms with E-state index in [1.165, 1.54) is 0 Å². The Balaban J connectivity index is 0. The molecule has 6 valence electrons. The fraction of sp³-hybridized carbons (Fsp3) is 0. The number of hydrogen-bond acceptors (Lipinski definition) is 0. The third-order valence-corrected chi connectivity index (χ3v) is 0. The maximum Gasteiger partial charge on any atom is 1.00 e. The summed E-state index contributed by atoms with van der Waals surface area (Å²) in [4.78, 5) is 0. The Morgan fingerprint density at radius 3 is 0.400 bits per heavy atom. The van der Waals surface area contributed by atoms with Gasteiger partial charge in [-0.15, -0.1) is 0 Å². The quantitative estimate of drug-likeness (QED) is 0.331. The van der Waals surface area contributed by atoms with Gasteiger partial charge in [-0.1, -0.05) is 0 Å². The average Bonchev–Trinajstić information content (AvgIpc) is 0. The van der Waals surface area contributed by atoms with Crippen LogP contribution in [0.25, 0.3) is 0 Å². The second-order valence-electron chi connectivity index (χ2n) is 0. The van der Waals surface area contributed by atoms with Gasteiger partial charge in [0.05, 0.1) is 0 Å². The van der Waals surface area contributed by atoms with Crippen LogP contribution in [0.1, 0.15) is 0 Å². The van der Waals surface area contributed by atoms with Gasteiger partial charge in [0.25, 0.3) is 0 Å². The van der Waals surface area contributed by atoms with Crippen molar-refractivity contribution in [1.82, 2.24) is 0 Å². The van der Waals surface area contributed by atoms with Gasteiger partial charge in [0.15, 0.2) is 0 Å². The Hall–Kier alpha value is 4.69. The predicted molar refractivity (Wildman–Crippen MR) is 0 cm³/mol. The zero-order valence-electron chi connectivity index (χ0n) is 4.41. The van der Waals surface area contributed by atoms with Gasteiger partial charge in [0, 0.05) is 21.1 Å². The molecule has 0 unspecified atom stereocenters. The molecule has 0 aromatic carbocycles. The molecule has 0 amide bonds. The molecule has 0 fully saturated rings. The molecule has 0 radical (unpaired) electrons. The first-order valence-electron chi connectivity index (χ1n) is 0. The Bertz CT molecular complexity index is 3.61. The molecule has 0 nitrogen and oxygen atoms in total. The van der Waals surface area contributed by atoms with E-state index >= 15 is 0 Å². The summed E-state index contributed by atoms with van der Waals surface area (Å²) in [6, 6.07) is 0. The third kappa shape index (κ3) is 17.7. The molecule has 0 spiro atoms. The van der Waals surface area contributed by atoms with Crippen LogP contribution in [0.4, 0.5) is 0 Å². The minimum atomic E-state index is 0. The van der Waals surface area contributed by atoms with E-state index in [1.54, 1.807) is 0 Å². The van der Waals surface area contributed by atoms with Crippen LogP contribution in [0.5, 0.6) is 0 Å². The fourth-order valence-corrected chi connectivity index (χ4v) is 0. The molecule has 0 atom stereocenters. The molecule has 0 rings (SSSR count). The van der Waals surface area contributed by atoms with Gasteiger partial charge in [-0.05, 0) is 0 Å². The molecular formula is MoNa4+4. The summed E-state index contributed by atoms with van der Waals surface area (Å²) in [7, 11) is 0. The van der Waals surface area contributed by atoms with Crippen molar-refractivity contribution in [2.45, 2.75) is 0 Å². The van der Waals surface area contributed by atoms with Crippen molar-refractivity contribution in [3.8, 4) is 0 Å². The first kappa shape index (κ1) is 33.3. The average molecular weight is 188 g/mol. The normalized spacial score (nSPS) is 0. The van der Waals surface area contributed by atoms with Crippen molar-refractivity contribution in [2.24, 2.45) is 0 Å². The zero-order chi connectivity index (χ0) is 0. The topological polar surface area (TPSA) is 0 Å². The summed E-state index contributed by atoms with van der Waals surface area (Å²) in [5.41, 5.74) is 0. The van der Waals surface area contributed by atoms with Crippen molar-refractivity contribution >= 4 is 0 Å². The molecule has 0 bridgehead atoms. The first-order chi connectivity index (χ1) is 0. The summed E-state index contributed by atoms with van der Waals surface area (Å²) in [5, 5.41) is 0. The molecule has 0 saturated carbocycles. The van der Waals surface area contributed by atoms with Crippen LogP contribution in [-0.2, 0) is 21.1 Å². The maximum atomic E-state index is 0. The molecule has 0 aromatic heterocycles. The van der Waals surface area contributed by atoms with Crippen LogP contribution >= 0.6 is 0 Å². The van der Waals surface area contributed by atoms with Crippen LogP contribution in [0.3, 0.4) is 0 Å². The Labute approximate surface area is 135 Å². The second kappa shape index (κ2) is 23.4. The van der Waals surface area contributed by atoms with Gasteiger partial charge in [0.2, 0.25) is 0 Å². The minimum absolute atomic E-state index is 0. The van der Waals surface area contributed by atoms with Gasteiger partial charge < -0.3 is 0 Å². The van der Waals surface area contributed by atoms with E-state index in [2.05, 4.69) is 0 Å². The van der Waals surface area contributed by atoms with Gasteiger partial charge in [0.1, 0.15) is 0 Å². The third-order valence-electron chi connectivity index (χ3n) is 0. The van der Waals surface area contributed by atoms with E-state index < -0.39 is 0 Å². The van der Waals surface area contributed by atoms with Crippen LogP contribution < -0.4 is 118 Å². The van der Waals surface area contributed by atoms with Gasteiger partial charge >= 0.3 is 118 Å². The molecule has 0 aliphatic carbocycles. The second-order valence-corrected chi connectivity index (χ2v) is 0. The molecule has 0 aliphatic rings. The minimum Gasteiger partial charge on any atom is 0 e. The molecule has 0 N–H and O–H groups in total. The zero-order valence-corrected chi connectivity index (χ0v) is 14.4. The molecule has 5 heavy (non-hydrogen) atoms. The van der Waals surface area contributed by atoms with Crippen molar-refractivity contribution in [3.63, 3.8) is 0 Å². The maximum absolute atomic E-state index is 0. The Morgan fingerprint density at radius 2 is 0.400 bits per heavy atom. The predicted octanol–water partition coefficient (Wildman–Crippen LogP) is -12.0. The standard InChI is InChI=1S/Mo.4Na/q;4*+1. The molecule has 0 heterocycles. The molecule has 5 heteroatoms.